The minimum absolute atomic E-state index is 0.0822. The molecule has 1 aliphatic rings. The molecular formula is C17H20ClNO5S. The lowest BCUT2D eigenvalue weighted by molar-refractivity contribution is -0.149. The van der Waals surface area contributed by atoms with E-state index in [1.807, 2.05) is 0 Å². The summed E-state index contributed by atoms with van der Waals surface area (Å²) in [5.74, 6) is -1.74. The maximum absolute atomic E-state index is 12.6. The van der Waals surface area contributed by atoms with E-state index in [1.165, 1.54) is 16.7 Å². The molecule has 0 spiro atoms. The maximum Gasteiger partial charge on any atom is 0.327 e. The largest absolute Gasteiger partial charge is 0.481 e. The SMILES string of the molecule is O=C(O)CCCCCC(=O)N1C(c2ccc(Cl)cc2)SC[C@H]1C(=O)O. The zero-order chi connectivity index (χ0) is 18.4. The minimum atomic E-state index is -1.01. The number of thioether (sulfide) groups is 1. The van der Waals surface area contributed by atoms with Gasteiger partial charge in [0.25, 0.3) is 0 Å². The van der Waals surface area contributed by atoms with E-state index in [4.69, 9.17) is 16.7 Å². The number of unbranched alkanes of at least 4 members (excludes halogenated alkanes) is 2. The fourth-order valence-electron chi connectivity index (χ4n) is 2.74. The predicted octanol–water partition coefficient (Wildman–Crippen LogP) is 3.40. The molecule has 136 valence electrons. The van der Waals surface area contributed by atoms with Crippen LogP contribution in [0.4, 0.5) is 0 Å². The highest BCUT2D eigenvalue weighted by molar-refractivity contribution is 7.99. The van der Waals surface area contributed by atoms with Crippen molar-refractivity contribution in [2.45, 2.75) is 43.5 Å². The molecule has 1 heterocycles. The van der Waals surface area contributed by atoms with Gasteiger partial charge in [-0.25, -0.2) is 4.79 Å². The first-order valence-electron chi connectivity index (χ1n) is 8.03. The van der Waals surface area contributed by atoms with Gasteiger partial charge in [0.15, 0.2) is 0 Å². The van der Waals surface area contributed by atoms with Gasteiger partial charge in [-0.15, -0.1) is 11.8 Å². The van der Waals surface area contributed by atoms with Crippen molar-refractivity contribution in [3.8, 4) is 0 Å². The molecule has 0 saturated carbocycles. The second-order valence-corrected chi connectivity index (χ2v) is 7.40. The Bertz CT molecular complexity index is 636. The van der Waals surface area contributed by atoms with E-state index in [-0.39, 0.29) is 24.1 Å². The van der Waals surface area contributed by atoms with Gasteiger partial charge >= 0.3 is 11.9 Å². The topological polar surface area (TPSA) is 94.9 Å². The average Bonchev–Trinajstić information content (AvgIpc) is 3.00. The normalized spacial score (nSPS) is 19.8. The number of carboxylic acid groups (broad SMARTS) is 2. The summed E-state index contributed by atoms with van der Waals surface area (Å²) < 4.78 is 0. The summed E-state index contributed by atoms with van der Waals surface area (Å²) in [5.41, 5.74) is 0.845. The molecule has 8 heteroatoms. The number of nitrogens with zero attached hydrogens (tertiary/aromatic N) is 1. The van der Waals surface area contributed by atoms with E-state index in [9.17, 15) is 19.5 Å². The van der Waals surface area contributed by atoms with E-state index >= 15 is 0 Å². The van der Waals surface area contributed by atoms with E-state index in [0.29, 0.717) is 30.0 Å². The summed E-state index contributed by atoms with van der Waals surface area (Å²) >= 11 is 7.32. The Morgan fingerprint density at radius 1 is 1.08 bits per heavy atom. The first kappa shape index (κ1) is 19.6. The van der Waals surface area contributed by atoms with Crippen LogP contribution in [0.1, 0.15) is 43.0 Å². The molecular weight excluding hydrogens is 366 g/mol. The van der Waals surface area contributed by atoms with Crippen molar-refractivity contribution in [1.29, 1.82) is 0 Å². The zero-order valence-corrected chi connectivity index (χ0v) is 15.1. The van der Waals surface area contributed by atoms with Crippen molar-refractivity contribution in [1.82, 2.24) is 4.90 Å². The number of rotatable bonds is 8. The highest BCUT2D eigenvalue weighted by atomic mass is 35.5. The Labute approximate surface area is 155 Å². The van der Waals surface area contributed by atoms with Crippen LogP contribution < -0.4 is 0 Å². The highest BCUT2D eigenvalue weighted by Gasteiger charge is 2.41. The van der Waals surface area contributed by atoms with Crippen molar-refractivity contribution in [3.05, 3.63) is 34.9 Å². The molecule has 1 fully saturated rings. The molecule has 1 saturated heterocycles. The maximum atomic E-state index is 12.6. The molecule has 0 aromatic heterocycles. The van der Waals surface area contributed by atoms with Crippen LogP contribution in [0.2, 0.25) is 5.02 Å². The van der Waals surface area contributed by atoms with E-state index in [1.54, 1.807) is 24.3 Å². The van der Waals surface area contributed by atoms with Crippen molar-refractivity contribution < 1.29 is 24.6 Å². The molecule has 25 heavy (non-hydrogen) atoms. The Morgan fingerprint density at radius 2 is 1.72 bits per heavy atom. The van der Waals surface area contributed by atoms with Crippen LogP contribution in [0, 0.1) is 0 Å². The molecule has 0 aliphatic carbocycles. The van der Waals surface area contributed by atoms with Gasteiger partial charge in [0.2, 0.25) is 5.91 Å². The number of hydrogen-bond acceptors (Lipinski definition) is 4. The van der Waals surface area contributed by atoms with E-state index in [0.717, 1.165) is 5.56 Å². The molecule has 1 aliphatic heterocycles. The number of carbonyl (C=O) groups excluding carboxylic acids is 1. The standard InChI is InChI=1S/C17H20ClNO5S/c18-12-8-6-11(7-9-12)16-19(13(10-25-16)17(23)24)14(20)4-2-1-3-5-15(21)22/h6-9,13,16H,1-5,10H2,(H,21,22)(H,23,24)/t13-,16?/m0/s1. The number of amides is 1. The third-order valence-electron chi connectivity index (χ3n) is 4.01. The Hall–Kier alpha value is -1.73. The van der Waals surface area contributed by atoms with Gasteiger partial charge in [0, 0.05) is 23.6 Å². The molecule has 0 bridgehead atoms. The van der Waals surface area contributed by atoms with Crippen molar-refractivity contribution in [2.24, 2.45) is 0 Å². The van der Waals surface area contributed by atoms with Gasteiger partial charge in [-0.1, -0.05) is 30.2 Å². The molecule has 2 rings (SSSR count). The van der Waals surface area contributed by atoms with Gasteiger partial charge in [-0.2, -0.15) is 0 Å². The summed E-state index contributed by atoms with van der Waals surface area (Å²) in [7, 11) is 0. The minimum Gasteiger partial charge on any atom is -0.481 e. The molecule has 2 N–H and O–H groups in total. The summed E-state index contributed by atoms with van der Waals surface area (Å²) in [5, 5.41) is 18.3. The fraction of sp³-hybridized carbons (Fsp3) is 0.471. The quantitative estimate of drug-likeness (QED) is 0.666. The molecule has 1 aromatic rings. The third-order valence-corrected chi connectivity index (χ3v) is 5.59. The van der Waals surface area contributed by atoms with E-state index in [2.05, 4.69) is 0 Å². The van der Waals surface area contributed by atoms with Gasteiger partial charge in [0.1, 0.15) is 11.4 Å². The zero-order valence-electron chi connectivity index (χ0n) is 13.6. The second-order valence-electron chi connectivity index (χ2n) is 5.85. The second kappa shape index (κ2) is 9.10. The van der Waals surface area contributed by atoms with Gasteiger partial charge in [0.05, 0.1) is 0 Å². The Morgan fingerprint density at radius 3 is 2.32 bits per heavy atom. The van der Waals surface area contributed by atoms with Gasteiger partial charge in [-0.3, -0.25) is 9.59 Å². The van der Waals surface area contributed by atoms with Crippen LogP contribution >= 0.6 is 23.4 Å². The molecule has 0 radical (unpaired) electrons. The van der Waals surface area contributed by atoms with Crippen LogP contribution in [-0.4, -0.2) is 44.8 Å². The average molecular weight is 386 g/mol. The molecule has 2 atom stereocenters. The van der Waals surface area contributed by atoms with Crippen LogP contribution in [0.25, 0.3) is 0 Å². The molecule has 1 amide bonds. The van der Waals surface area contributed by atoms with Crippen LogP contribution in [0.5, 0.6) is 0 Å². The first-order chi connectivity index (χ1) is 11.9. The number of halogens is 1. The Balaban J connectivity index is 2.02. The van der Waals surface area contributed by atoms with Gasteiger partial charge in [-0.05, 0) is 30.5 Å². The third kappa shape index (κ3) is 5.37. The first-order valence-corrected chi connectivity index (χ1v) is 9.45. The lowest BCUT2D eigenvalue weighted by Gasteiger charge is -2.27. The van der Waals surface area contributed by atoms with Crippen LogP contribution in [0.3, 0.4) is 0 Å². The fourth-order valence-corrected chi connectivity index (χ4v) is 4.31. The highest BCUT2D eigenvalue weighted by Crippen LogP contribution is 2.42. The van der Waals surface area contributed by atoms with Gasteiger partial charge < -0.3 is 15.1 Å². The summed E-state index contributed by atoms with van der Waals surface area (Å²) in [6.45, 7) is 0. The number of hydrogen-bond donors (Lipinski definition) is 2. The molecule has 1 unspecified atom stereocenters. The molecule has 6 nitrogen and oxygen atoms in total. The van der Waals surface area contributed by atoms with Crippen molar-refractivity contribution >= 4 is 41.2 Å². The number of aliphatic carboxylic acids is 2. The smallest absolute Gasteiger partial charge is 0.327 e. The number of benzene rings is 1. The van der Waals surface area contributed by atoms with Crippen molar-refractivity contribution in [3.63, 3.8) is 0 Å². The summed E-state index contributed by atoms with van der Waals surface area (Å²) in [6.07, 6.45) is 1.99. The summed E-state index contributed by atoms with van der Waals surface area (Å²) in [4.78, 5) is 36.1. The number of carboxylic acids is 2. The summed E-state index contributed by atoms with van der Waals surface area (Å²) in [6, 6.07) is 6.20. The monoisotopic (exact) mass is 385 g/mol. The van der Waals surface area contributed by atoms with Crippen LogP contribution in [0.15, 0.2) is 24.3 Å². The van der Waals surface area contributed by atoms with Crippen LogP contribution in [-0.2, 0) is 14.4 Å². The van der Waals surface area contributed by atoms with Crippen molar-refractivity contribution in [2.75, 3.05) is 5.75 Å². The van der Waals surface area contributed by atoms with E-state index < -0.39 is 18.0 Å². The Kier molecular flexibility index (Phi) is 7.13. The molecule has 1 aromatic carbocycles. The lowest BCUT2D eigenvalue weighted by atomic mass is 10.1. The lowest BCUT2D eigenvalue weighted by Crippen LogP contribution is -2.42. The number of carbonyl (C=O) groups is 3. The predicted molar refractivity (Wildman–Crippen MR) is 95.6 cm³/mol.